The predicted molar refractivity (Wildman–Crippen MR) is 83.7 cm³/mol. The van der Waals surface area contributed by atoms with Crippen LogP contribution >= 0.6 is 0 Å². The summed E-state index contributed by atoms with van der Waals surface area (Å²) in [7, 11) is 0. The van der Waals surface area contributed by atoms with E-state index in [2.05, 4.69) is 5.32 Å². The largest absolute Gasteiger partial charge is 0.484 e. The van der Waals surface area contributed by atoms with Gasteiger partial charge in [0.2, 0.25) is 0 Å². The molecule has 112 valence electrons. The molecule has 0 fully saturated rings. The van der Waals surface area contributed by atoms with Gasteiger partial charge in [-0.05, 0) is 35.9 Å². The number of anilines is 1. The van der Waals surface area contributed by atoms with Gasteiger partial charge in [-0.2, -0.15) is 0 Å². The first-order chi connectivity index (χ1) is 10.6. The lowest BCUT2D eigenvalue weighted by molar-refractivity contribution is -0.131. The Balaban J connectivity index is 1.91. The van der Waals surface area contributed by atoms with Gasteiger partial charge in [-0.3, -0.25) is 4.79 Å². The summed E-state index contributed by atoms with van der Waals surface area (Å²) in [5, 5.41) is 11.3. The van der Waals surface area contributed by atoms with Gasteiger partial charge in [-0.25, -0.2) is 4.79 Å². The summed E-state index contributed by atoms with van der Waals surface area (Å²) < 4.78 is 5.35. The number of hydrogen-bond acceptors (Lipinski definition) is 3. The van der Waals surface area contributed by atoms with Crippen LogP contribution in [0.1, 0.15) is 5.56 Å². The zero-order valence-corrected chi connectivity index (χ0v) is 11.7. The zero-order valence-electron chi connectivity index (χ0n) is 11.7. The Labute approximate surface area is 127 Å². The van der Waals surface area contributed by atoms with Crippen LogP contribution in [0.15, 0.2) is 60.7 Å². The lowest BCUT2D eigenvalue weighted by Crippen LogP contribution is -2.20. The van der Waals surface area contributed by atoms with Gasteiger partial charge in [-0.1, -0.05) is 30.3 Å². The number of hydrogen-bond donors (Lipinski definition) is 2. The number of carbonyl (C=O) groups excluding carboxylic acids is 1. The first kappa shape index (κ1) is 15.3. The standard InChI is InChI=1S/C17H15NO4/c19-16(12-22-15-7-2-1-3-8-15)18-14-6-4-5-13(11-14)9-10-17(20)21/h1-11H,12H2,(H,18,19)(H,20,21)/b10-9+. The van der Waals surface area contributed by atoms with Gasteiger partial charge in [0, 0.05) is 11.8 Å². The smallest absolute Gasteiger partial charge is 0.328 e. The number of nitrogens with one attached hydrogen (secondary N) is 1. The monoisotopic (exact) mass is 297 g/mol. The highest BCUT2D eigenvalue weighted by atomic mass is 16.5. The molecule has 2 N–H and O–H groups in total. The number of carboxylic acid groups (broad SMARTS) is 1. The van der Waals surface area contributed by atoms with Crippen molar-refractivity contribution in [2.45, 2.75) is 0 Å². The summed E-state index contributed by atoms with van der Waals surface area (Å²) in [5.74, 6) is -0.690. The Kier molecular flexibility index (Phi) is 5.31. The second kappa shape index (κ2) is 7.64. The molecule has 2 aromatic rings. The van der Waals surface area contributed by atoms with Gasteiger partial charge in [0.25, 0.3) is 5.91 Å². The van der Waals surface area contributed by atoms with E-state index in [1.807, 2.05) is 18.2 Å². The topological polar surface area (TPSA) is 75.6 Å². The third kappa shape index (κ3) is 5.13. The molecule has 5 nitrogen and oxygen atoms in total. The van der Waals surface area contributed by atoms with E-state index in [1.165, 1.54) is 6.08 Å². The highest BCUT2D eigenvalue weighted by molar-refractivity contribution is 5.92. The molecule has 22 heavy (non-hydrogen) atoms. The van der Waals surface area contributed by atoms with Crippen LogP contribution in [0.3, 0.4) is 0 Å². The van der Waals surface area contributed by atoms with E-state index in [0.29, 0.717) is 17.0 Å². The van der Waals surface area contributed by atoms with Crippen LogP contribution in [0.25, 0.3) is 6.08 Å². The molecule has 2 aromatic carbocycles. The van der Waals surface area contributed by atoms with Crippen molar-refractivity contribution in [1.82, 2.24) is 0 Å². The number of ether oxygens (including phenoxy) is 1. The third-order valence-electron chi connectivity index (χ3n) is 2.70. The maximum Gasteiger partial charge on any atom is 0.328 e. The highest BCUT2D eigenvalue weighted by Crippen LogP contribution is 2.13. The van der Waals surface area contributed by atoms with E-state index in [0.717, 1.165) is 6.08 Å². The summed E-state index contributed by atoms with van der Waals surface area (Å²) in [6, 6.07) is 15.9. The van der Waals surface area contributed by atoms with Crippen molar-refractivity contribution in [3.8, 4) is 5.75 Å². The molecule has 2 rings (SSSR count). The number of amides is 1. The molecule has 0 aromatic heterocycles. The van der Waals surface area contributed by atoms with Crippen molar-refractivity contribution in [3.63, 3.8) is 0 Å². The molecule has 0 aliphatic carbocycles. The SMILES string of the molecule is O=C(O)/C=C/c1cccc(NC(=O)COc2ccccc2)c1. The quantitative estimate of drug-likeness (QED) is 0.804. The Bertz CT molecular complexity index is 680. The summed E-state index contributed by atoms with van der Waals surface area (Å²) in [4.78, 5) is 22.3. The second-order valence-corrected chi connectivity index (χ2v) is 4.45. The number of carbonyl (C=O) groups is 2. The highest BCUT2D eigenvalue weighted by Gasteiger charge is 2.04. The molecule has 0 aliphatic heterocycles. The van der Waals surface area contributed by atoms with Crippen LogP contribution < -0.4 is 10.1 Å². The number of carboxylic acids is 1. The van der Waals surface area contributed by atoms with Crippen molar-refractivity contribution in [3.05, 3.63) is 66.2 Å². The number of benzene rings is 2. The molecule has 0 unspecified atom stereocenters. The Morgan fingerprint density at radius 1 is 1.09 bits per heavy atom. The molecule has 5 heteroatoms. The van der Waals surface area contributed by atoms with Crippen molar-refractivity contribution in [2.24, 2.45) is 0 Å². The van der Waals surface area contributed by atoms with Gasteiger partial charge < -0.3 is 15.2 Å². The van der Waals surface area contributed by atoms with Gasteiger partial charge in [0.1, 0.15) is 5.75 Å². The normalized spacial score (nSPS) is 10.4. The van der Waals surface area contributed by atoms with Crippen molar-refractivity contribution in [1.29, 1.82) is 0 Å². The van der Waals surface area contributed by atoms with E-state index >= 15 is 0 Å². The summed E-state index contributed by atoms with van der Waals surface area (Å²) in [6.45, 7) is -0.0980. The van der Waals surface area contributed by atoms with Gasteiger partial charge in [-0.15, -0.1) is 0 Å². The third-order valence-corrected chi connectivity index (χ3v) is 2.70. The summed E-state index contributed by atoms with van der Waals surface area (Å²) >= 11 is 0. The van der Waals surface area contributed by atoms with E-state index in [-0.39, 0.29) is 12.5 Å². The lowest BCUT2D eigenvalue weighted by atomic mass is 10.2. The van der Waals surface area contributed by atoms with E-state index in [4.69, 9.17) is 9.84 Å². The summed E-state index contributed by atoms with van der Waals surface area (Å²) in [6.07, 6.45) is 2.50. The minimum atomic E-state index is -1.02. The van der Waals surface area contributed by atoms with Crippen molar-refractivity contribution < 1.29 is 19.4 Å². The fourth-order valence-corrected chi connectivity index (χ4v) is 1.75. The fourth-order valence-electron chi connectivity index (χ4n) is 1.75. The molecule has 0 radical (unpaired) electrons. The number of aliphatic carboxylic acids is 1. The molecular formula is C17H15NO4. The van der Waals surface area contributed by atoms with E-state index in [1.54, 1.807) is 36.4 Å². The second-order valence-electron chi connectivity index (χ2n) is 4.45. The molecule has 0 heterocycles. The average molecular weight is 297 g/mol. The minimum Gasteiger partial charge on any atom is -0.484 e. The minimum absolute atomic E-state index is 0.0980. The lowest BCUT2D eigenvalue weighted by Gasteiger charge is -2.08. The van der Waals surface area contributed by atoms with Crippen molar-refractivity contribution in [2.75, 3.05) is 11.9 Å². The van der Waals surface area contributed by atoms with Crippen LogP contribution in [-0.2, 0) is 9.59 Å². The van der Waals surface area contributed by atoms with E-state index < -0.39 is 5.97 Å². The van der Waals surface area contributed by atoms with E-state index in [9.17, 15) is 9.59 Å². The van der Waals surface area contributed by atoms with Gasteiger partial charge in [0.15, 0.2) is 6.61 Å². The number of para-hydroxylation sites is 1. The summed E-state index contributed by atoms with van der Waals surface area (Å²) in [5.41, 5.74) is 1.26. The molecule has 0 saturated carbocycles. The first-order valence-corrected chi connectivity index (χ1v) is 6.62. The number of rotatable bonds is 6. The molecular weight excluding hydrogens is 282 g/mol. The van der Waals surface area contributed by atoms with Gasteiger partial charge in [0.05, 0.1) is 0 Å². The van der Waals surface area contributed by atoms with Crippen LogP contribution in [0.2, 0.25) is 0 Å². The maximum absolute atomic E-state index is 11.8. The molecule has 1 amide bonds. The van der Waals surface area contributed by atoms with Crippen LogP contribution in [0.5, 0.6) is 5.75 Å². The Morgan fingerprint density at radius 3 is 2.59 bits per heavy atom. The first-order valence-electron chi connectivity index (χ1n) is 6.62. The molecule has 0 aliphatic rings. The van der Waals surface area contributed by atoms with Crippen LogP contribution in [0, 0.1) is 0 Å². The van der Waals surface area contributed by atoms with Crippen LogP contribution in [-0.4, -0.2) is 23.6 Å². The maximum atomic E-state index is 11.8. The average Bonchev–Trinajstić information content (AvgIpc) is 2.52. The fraction of sp³-hybridized carbons (Fsp3) is 0.0588. The molecule has 0 atom stereocenters. The van der Waals surface area contributed by atoms with Gasteiger partial charge >= 0.3 is 5.97 Å². The predicted octanol–water partition coefficient (Wildman–Crippen LogP) is 2.80. The van der Waals surface area contributed by atoms with Crippen molar-refractivity contribution >= 4 is 23.6 Å². The Hall–Kier alpha value is -3.08. The molecule has 0 bridgehead atoms. The Morgan fingerprint density at radius 2 is 1.86 bits per heavy atom. The molecule has 0 saturated heterocycles. The van der Waals surface area contributed by atoms with Crippen LogP contribution in [0.4, 0.5) is 5.69 Å². The molecule has 0 spiro atoms. The zero-order chi connectivity index (χ0) is 15.8.